The number of primary sulfonamides is 1. The average molecular weight is 530 g/mol. The molecule has 190 valence electrons. The van der Waals surface area contributed by atoms with Crippen LogP contribution in [-0.4, -0.2) is 79.2 Å². The van der Waals surface area contributed by atoms with Crippen molar-refractivity contribution in [2.24, 2.45) is 5.14 Å². The minimum absolute atomic E-state index is 0.0285. The molecule has 0 unspecified atom stereocenters. The Kier molecular flexibility index (Phi) is 7.19. The van der Waals surface area contributed by atoms with Gasteiger partial charge in [0.1, 0.15) is 31.0 Å². The highest BCUT2D eigenvalue weighted by atomic mass is 32.2. The number of hydrogen-bond acceptors (Lipinski definition) is 11. The number of ether oxygens (including phenoxy) is 2. The number of imidazole rings is 1. The Morgan fingerprint density at radius 2 is 1.97 bits per heavy atom. The van der Waals surface area contributed by atoms with Gasteiger partial charge >= 0.3 is 7.60 Å². The average Bonchev–Trinajstić information content (AvgIpc) is 3.33. The standard InChI is InChI=1S/C18H23N6O9PS/c19-35(30,31)11-3-1-2-10(4-11)5-20-16-13-17(22-7-21-16)24(8-23-13)18-15(26)14(25)12(33-18)6-32-9-34(27,28)29/h1-4,7-8,12,14-15,18,25-26H,5-6,9H2,(H2,19,30,31)(H,20,21,22)(H2,27,28,29)/t12-,14-,15-,18-/m1/s1. The van der Waals surface area contributed by atoms with E-state index < -0.39 is 48.5 Å². The number of benzene rings is 1. The van der Waals surface area contributed by atoms with Gasteiger partial charge in [0.2, 0.25) is 10.0 Å². The fourth-order valence-corrected chi connectivity index (χ4v) is 4.50. The number of aromatic nitrogens is 4. The molecule has 3 aromatic rings. The van der Waals surface area contributed by atoms with E-state index in [0.29, 0.717) is 16.9 Å². The molecule has 1 aromatic carbocycles. The Morgan fingerprint density at radius 3 is 2.69 bits per heavy atom. The van der Waals surface area contributed by atoms with Gasteiger partial charge in [0.05, 0.1) is 17.8 Å². The second-order valence-electron chi connectivity index (χ2n) is 7.80. The topological polar surface area (TPSA) is 232 Å². The fourth-order valence-electron chi connectivity index (χ4n) is 3.57. The van der Waals surface area contributed by atoms with Gasteiger partial charge in [0, 0.05) is 6.54 Å². The van der Waals surface area contributed by atoms with Crippen LogP contribution in [0.3, 0.4) is 0 Å². The van der Waals surface area contributed by atoms with Crippen molar-refractivity contribution in [1.82, 2.24) is 19.5 Å². The third-order valence-electron chi connectivity index (χ3n) is 5.20. The first kappa shape index (κ1) is 25.6. The number of aliphatic hydroxyl groups is 2. The van der Waals surface area contributed by atoms with Gasteiger partial charge in [-0.05, 0) is 17.7 Å². The van der Waals surface area contributed by atoms with Gasteiger partial charge in [-0.1, -0.05) is 12.1 Å². The van der Waals surface area contributed by atoms with E-state index in [4.69, 9.17) is 24.4 Å². The molecule has 0 radical (unpaired) electrons. The van der Waals surface area contributed by atoms with E-state index in [9.17, 15) is 23.2 Å². The highest BCUT2D eigenvalue weighted by molar-refractivity contribution is 7.89. The number of nitrogens with two attached hydrogens (primary N) is 1. The lowest BCUT2D eigenvalue weighted by molar-refractivity contribution is -0.0612. The van der Waals surface area contributed by atoms with Crippen molar-refractivity contribution < 1.29 is 42.5 Å². The molecule has 15 nitrogen and oxygen atoms in total. The Labute approximate surface area is 198 Å². The van der Waals surface area contributed by atoms with Crippen molar-refractivity contribution in [2.45, 2.75) is 36.0 Å². The van der Waals surface area contributed by atoms with Crippen LogP contribution >= 0.6 is 7.60 Å². The molecule has 0 saturated carbocycles. The Bertz CT molecular complexity index is 1360. The number of hydrogen-bond donors (Lipinski definition) is 6. The summed E-state index contributed by atoms with van der Waals surface area (Å²) in [5.41, 5.74) is 1.22. The lowest BCUT2D eigenvalue weighted by Gasteiger charge is -2.16. The first-order chi connectivity index (χ1) is 16.4. The number of nitrogens with zero attached hydrogens (tertiary/aromatic N) is 4. The second kappa shape index (κ2) is 9.85. The molecule has 0 amide bonds. The molecule has 0 bridgehead atoms. The van der Waals surface area contributed by atoms with Gasteiger partial charge in [0.25, 0.3) is 0 Å². The second-order valence-corrected chi connectivity index (χ2v) is 11.0. The van der Waals surface area contributed by atoms with E-state index in [1.165, 1.54) is 29.4 Å². The molecule has 17 heteroatoms. The predicted octanol–water partition coefficient (Wildman–Crippen LogP) is -1.14. The molecule has 0 aliphatic carbocycles. The summed E-state index contributed by atoms with van der Waals surface area (Å²) in [4.78, 5) is 30.3. The molecule has 4 atom stereocenters. The summed E-state index contributed by atoms with van der Waals surface area (Å²) in [5, 5.41) is 29.0. The third kappa shape index (κ3) is 5.83. The summed E-state index contributed by atoms with van der Waals surface area (Å²) in [5.74, 6) is 0.323. The van der Waals surface area contributed by atoms with Crippen molar-refractivity contribution in [3.05, 3.63) is 42.5 Å². The zero-order chi connectivity index (χ0) is 25.4. The van der Waals surface area contributed by atoms with Gasteiger partial charge in [-0.25, -0.2) is 28.5 Å². The molecular weight excluding hydrogens is 507 g/mol. The van der Waals surface area contributed by atoms with Crippen molar-refractivity contribution in [3.8, 4) is 0 Å². The van der Waals surface area contributed by atoms with Crippen LogP contribution in [0.15, 0.2) is 41.8 Å². The molecule has 0 spiro atoms. The zero-order valence-corrected chi connectivity index (χ0v) is 19.7. The van der Waals surface area contributed by atoms with Crippen LogP contribution in [0.25, 0.3) is 11.2 Å². The summed E-state index contributed by atoms with van der Waals surface area (Å²) >= 11 is 0. The molecule has 35 heavy (non-hydrogen) atoms. The van der Waals surface area contributed by atoms with Gasteiger partial charge in [-0.2, -0.15) is 0 Å². The number of anilines is 1. The summed E-state index contributed by atoms with van der Waals surface area (Å²) in [6.45, 7) is -0.158. The Hall–Kier alpha value is -2.53. The third-order valence-corrected chi connectivity index (χ3v) is 6.63. The summed E-state index contributed by atoms with van der Waals surface area (Å²) < 4.78 is 46.0. The first-order valence-corrected chi connectivity index (χ1v) is 13.5. The Morgan fingerprint density at radius 1 is 1.20 bits per heavy atom. The summed E-state index contributed by atoms with van der Waals surface area (Å²) in [6, 6.07) is 6.08. The molecular formula is C18H23N6O9PS. The zero-order valence-electron chi connectivity index (χ0n) is 17.9. The van der Waals surface area contributed by atoms with Crippen LogP contribution in [0.2, 0.25) is 0 Å². The Balaban J connectivity index is 1.50. The van der Waals surface area contributed by atoms with Crippen LogP contribution in [0.5, 0.6) is 0 Å². The number of rotatable bonds is 9. The van der Waals surface area contributed by atoms with Crippen molar-refractivity contribution in [3.63, 3.8) is 0 Å². The van der Waals surface area contributed by atoms with Gasteiger partial charge in [-0.15, -0.1) is 0 Å². The largest absolute Gasteiger partial charge is 0.387 e. The maximum atomic E-state index is 11.6. The molecule has 2 aromatic heterocycles. The molecule has 1 saturated heterocycles. The quantitative estimate of drug-likeness (QED) is 0.180. The van der Waals surface area contributed by atoms with E-state index in [0.717, 1.165) is 0 Å². The SMILES string of the molecule is NS(=O)(=O)c1cccc(CNc2ncnc3c2ncn3[C@@H]2O[C@H](COCP(=O)(O)O)[C@@H](O)[C@H]2O)c1. The maximum Gasteiger partial charge on any atom is 0.350 e. The minimum Gasteiger partial charge on any atom is -0.387 e. The van der Waals surface area contributed by atoms with Crippen molar-refractivity contribution in [2.75, 3.05) is 18.3 Å². The van der Waals surface area contributed by atoms with Crippen molar-refractivity contribution >= 4 is 34.6 Å². The van der Waals surface area contributed by atoms with E-state index >= 15 is 0 Å². The highest BCUT2D eigenvalue weighted by Gasteiger charge is 2.44. The molecule has 1 aliphatic heterocycles. The molecule has 4 rings (SSSR count). The molecule has 3 heterocycles. The number of nitrogens with one attached hydrogen (secondary N) is 1. The number of sulfonamides is 1. The molecule has 1 aliphatic rings. The molecule has 1 fully saturated rings. The lowest BCUT2D eigenvalue weighted by Crippen LogP contribution is -2.33. The van der Waals surface area contributed by atoms with Crippen LogP contribution in [0.4, 0.5) is 5.82 Å². The van der Waals surface area contributed by atoms with Gasteiger partial charge in [-0.3, -0.25) is 9.13 Å². The highest BCUT2D eigenvalue weighted by Crippen LogP contribution is 2.36. The van der Waals surface area contributed by atoms with Gasteiger partial charge in [0.15, 0.2) is 23.2 Å². The van der Waals surface area contributed by atoms with Gasteiger partial charge < -0.3 is 34.8 Å². The monoisotopic (exact) mass is 530 g/mol. The predicted molar refractivity (Wildman–Crippen MR) is 119 cm³/mol. The van der Waals surface area contributed by atoms with E-state index in [2.05, 4.69) is 20.3 Å². The van der Waals surface area contributed by atoms with E-state index in [-0.39, 0.29) is 23.7 Å². The number of aliphatic hydroxyl groups excluding tert-OH is 2. The molecule has 7 N–H and O–H groups in total. The lowest BCUT2D eigenvalue weighted by atomic mass is 10.1. The maximum absolute atomic E-state index is 11.6. The van der Waals surface area contributed by atoms with Crippen LogP contribution < -0.4 is 10.5 Å². The van der Waals surface area contributed by atoms with Crippen LogP contribution in [0, 0.1) is 0 Å². The van der Waals surface area contributed by atoms with Crippen LogP contribution in [0.1, 0.15) is 11.8 Å². The summed E-state index contributed by atoms with van der Waals surface area (Å²) in [6.07, 6.45) is -3.20. The van der Waals surface area contributed by atoms with Crippen molar-refractivity contribution in [1.29, 1.82) is 0 Å². The van der Waals surface area contributed by atoms with E-state index in [1.54, 1.807) is 12.1 Å². The smallest absolute Gasteiger partial charge is 0.350 e. The summed E-state index contributed by atoms with van der Waals surface area (Å²) in [7, 11) is -8.25. The fraction of sp³-hybridized carbons (Fsp3) is 0.389. The normalized spacial score (nSPS) is 23.1. The first-order valence-electron chi connectivity index (χ1n) is 10.1. The minimum atomic E-state index is -4.40. The van der Waals surface area contributed by atoms with Crippen LogP contribution in [-0.2, 0) is 30.6 Å². The van der Waals surface area contributed by atoms with E-state index in [1.807, 2.05) is 0 Å². The number of fused-ring (bicyclic) bond motifs is 1.